The summed E-state index contributed by atoms with van der Waals surface area (Å²) in [7, 11) is 0. The van der Waals surface area contributed by atoms with Gasteiger partial charge in [0.1, 0.15) is 12.4 Å². The number of likely N-dealkylation sites (tertiary alicyclic amines) is 1. The highest BCUT2D eigenvalue weighted by Crippen LogP contribution is 2.22. The van der Waals surface area contributed by atoms with E-state index in [1.165, 1.54) is 44.3 Å². The lowest BCUT2D eigenvalue weighted by Gasteiger charge is -2.20. The molecule has 0 aliphatic carbocycles. The predicted molar refractivity (Wildman–Crippen MR) is 76.0 cm³/mol. The van der Waals surface area contributed by atoms with Crippen molar-refractivity contribution in [3.8, 4) is 5.75 Å². The first kappa shape index (κ1) is 13.2. The summed E-state index contributed by atoms with van der Waals surface area (Å²) >= 11 is 0. The van der Waals surface area contributed by atoms with Gasteiger partial charge >= 0.3 is 0 Å². The second-order valence-corrected chi connectivity index (χ2v) is 5.15. The highest BCUT2D eigenvalue weighted by atomic mass is 16.5. The van der Waals surface area contributed by atoms with Crippen LogP contribution in [0.2, 0.25) is 0 Å². The van der Waals surface area contributed by atoms with Crippen LogP contribution in [0.15, 0.2) is 18.2 Å². The molecule has 1 aromatic rings. The minimum atomic E-state index is 0.730. The first-order valence-electron chi connectivity index (χ1n) is 6.97. The van der Waals surface area contributed by atoms with Gasteiger partial charge in [0.25, 0.3) is 0 Å². The van der Waals surface area contributed by atoms with E-state index < -0.39 is 0 Å². The second-order valence-electron chi connectivity index (χ2n) is 5.15. The lowest BCUT2D eigenvalue weighted by atomic mass is 10.2. The Labute approximate surface area is 110 Å². The minimum absolute atomic E-state index is 0.730. The third-order valence-electron chi connectivity index (χ3n) is 3.53. The van der Waals surface area contributed by atoms with Gasteiger partial charge in [-0.1, -0.05) is 18.9 Å². The van der Waals surface area contributed by atoms with Crippen molar-refractivity contribution >= 4 is 5.69 Å². The van der Waals surface area contributed by atoms with Gasteiger partial charge in [-0.15, -0.1) is 0 Å². The number of aryl methyl sites for hydroxylation is 1. The van der Waals surface area contributed by atoms with E-state index in [4.69, 9.17) is 10.5 Å². The monoisotopic (exact) mass is 248 g/mol. The fraction of sp³-hybridized carbons (Fsp3) is 0.600. The zero-order valence-electron chi connectivity index (χ0n) is 11.3. The summed E-state index contributed by atoms with van der Waals surface area (Å²) in [6.07, 6.45) is 5.41. The first-order chi connectivity index (χ1) is 8.75. The van der Waals surface area contributed by atoms with E-state index in [9.17, 15) is 0 Å². The van der Waals surface area contributed by atoms with Crippen LogP contribution in [0, 0.1) is 6.92 Å². The number of rotatable bonds is 4. The van der Waals surface area contributed by atoms with Gasteiger partial charge in [-0.2, -0.15) is 0 Å². The summed E-state index contributed by atoms with van der Waals surface area (Å²) in [5.74, 6) is 0.824. The largest absolute Gasteiger partial charge is 0.490 e. The molecule has 18 heavy (non-hydrogen) atoms. The van der Waals surface area contributed by atoms with Crippen molar-refractivity contribution in [2.45, 2.75) is 32.6 Å². The molecule has 1 saturated heterocycles. The average molecular weight is 248 g/mol. The Morgan fingerprint density at radius 2 is 1.89 bits per heavy atom. The van der Waals surface area contributed by atoms with Gasteiger partial charge in [0.15, 0.2) is 0 Å². The summed E-state index contributed by atoms with van der Waals surface area (Å²) in [4.78, 5) is 2.50. The molecule has 1 heterocycles. The van der Waals surface area contributed by atoms with Crippen LogP contribution in [0.5, 0.6) is 5.75 Å². The van der Waals surface area contributed by atoms with Gasteiger partial charge in [-0.05, 0) is 50.6 Å². The van der Waals surface area contributed by atoms with Crippen molar-refractivity contribution in [3.63, 3.8) is 0 Å². The first-order valence-corrected chi connectivity index (χ1v) is 6.97. The van der Waals surface area contributed by atoms with Crippen molar-refractivity contribution in [1.29, 1.82) is 0 Å². The minimum Gasteiger partial charge on any atom is -0.490 e. The van der Waals surface area contributed by atoms with E-state index in [-0.39, 0.29) is 0 Å². The number of ether oxygens (including phenoxy) is 1. The van der Waals surface area contributed by atoms with E-state index in [1.807, 2.05) is 18.2 Å². The van der Waals surface area contributed by atoms with Crippen molar-refractivity contribution in [2.24, 2.45) is 0 Å². The van der Waals surface area contributed by atoms with E-state index >= 15 is 0 Å². The lowest BCUT2D eigenvalue weighted by molar-refractivity contribution is 0.214. The fourth-order valence-corrected chi connectivity index (χ4v) is 2.41. The van der Waals surface area contributed by atoms with E-state index in [1.54, 1.807) is 0 Å². The number of nitrogens with zero attached hydrogens (tertiary/aromatic N) is 1. The molecule has 0 bridgehead atoms. The molecule has 0 saturated carbocycles. The normalized spacial score (nSPS) is 17.4. The Bertz CT molecular complexity index is 371. The molecule has 100 valence electrons. The van der Waals surface area contributed by atoms with Crippen LogP contribution in [0.25, 0.3) is 0 Å². The molecule has 1 aliphatic heterocycles. The molecule has 3 nitrogen and oxygen atoms in total. The van der Waals surface area contributed by atoms with Gasteiger partial charge in [-0.3, -0.25) is 4.90 Å². The van der Waals surface area contributed by atoms with E-state index in [0.717, 1.165) is 24.6 Å². The van der Waals surface area contributed by atoms with Gasteiger partial charge in [0.2, 0.25) is 0 Å². The molecule has 2 rings (SSSR count). The third kappa shape index (κ3) is 3.91. The third-order valence-corrected chi connectivity index (χ3v) is 3.53. The Hall–Kier alpha value is -1.22. The number of nitrogens with two attached hydrogens (primary N) is 1. The number of hydrogen-bond donors (Lipinski definition) is 1. The van der Waals surface area contributed by atoms with Crippen LogP contribution in [0.1, 0.15) is 31.2 Å². The highest BCUT2D eigenvalue weighted by Gasteiger charge is 2.09. The standard InChI is InChI=1S/C15H24N2O/c1-13-6-7-14(16)15(12-13)18-11-10-17-8-4-2-3-5-9-17/h6-7,12H,2-5,8-11,16H2,1H3. The molecule has 0 amide bonds. The van der Waals surface area contributed by atoms with Crippen LogP contribution in [-0.2, 0) is 0 Å². The molecular weight excluding hydrogens is 224 g/mol. The van der Waals surface area contributed by atoms with Crippen LogP contribution in [-0.4, -0.2) is 31.1 Å². The topological polar surface area (TPSA) is 38.5 Å². The zero-order chi connectivity index (χ0) is 12.8. The van der Waals surface area contributed by atoms with Gasteiger partial charge < -0.3 is 10.5 Å². The Morgan fingerprint density at radius 1 is 1.17 bits per heavy atom. The maximum absolute atomic E-state index is 5.90. The van der Waals surface area contributed by atoms with E-state index in [0.29, 0.717) is 0 Å². The Balaban J connectivity index is 1.78. The molecule has 2 N–H and O–H groups in total. The molecule has 0 spiro atoms. The molecule has 0 atom stereocenters. The quantitative estimate of drug-likeness (QED) is 0.833. The van der Waals surface area contributed by atoms with Crippen molar-refractivity contribution in [2.75, 3.05) is 32.0 Å². The average Bonchev–Trinajstić information content (AvgIpc) is 2.62. The molecular formula is C15H24N2O. The summed E-state index contributed by atoms with van der Waals surface area (Å²) in [5, 5.41) is 0. The van der Waals surface area contributed by atoms with Gasteiger partial charge in [0, 0.05) is 6.54 Å². The number of benzene rings is 1. The number of anilines is 1. The zero-order valence-corrected chi connectivity index (χ0v) is 11.3. The maximum atomic E-state index is 5.90. The van der Waals surface area contributed by atoms with Gasteiger partial charge in [0.05, 0.1) is 5.69 Å². The summed E-state index contributed by atoms with van der Waals surface area (Å²) in [6.45, 7) is 6.22. The molecule has 1 aliphatic rings. The van der Waals surface area contributed by atoms with E-state index in [2.05, 4.69) is 11.8 Å². The number of hydrogen-bond acceptors (Lipinski definition) is 3. The smallest absolute Gasteiger partial charge is 0.142 e. The molecule has 1 fully saturated rings. The van der Waals surface area contributed by atoms with Crippen LogP contribution < -0.4 is 10.5 Å². The summed E-state index contributed by atoms with van der Waals surface area (Å²) < 4.78 is 5.79. The highest BCUT2D eigenvalue weighted by molar-refractivity contribution is 5.53. The maximum Gasteiger partial charge on any atom is 0.142 e. The molecule has 1 aromatic carbocycles. The Kier molecular flexibility index (Phi) is 4.88. The van der Waals surface area contributed by atoms with Crippen molar-refractivity contribution < 1.29 is 4.74 Å². The fourth-order valence-electron chi connectivity index (χ4n) is 2.41. The van der Waals surface area contributed by atoms with Crippen molar-refractivity contribution in [1.82, 2.24) is 4.90 Å². The Morgan fingerprint density at radius 3 is 2.61 bits per heavy atom. The van der Waals surface area contributed by atoms with Crippen LogP contribution in [0.4, 0.5) is 5.69 Å². The number of nitrogen functional groups attached to an aromatic ring is 1. The van der Waals surface area contributed by atoms with Gasteiger partial charge in [-0.25, -0.2) is 0 Å². The van der Waals surface area contributed by atoms with Crippen LogP contribution >= 0.6 is 0 Å². The van der Waals surface area contributed by atoms with Crippen LogP contribution in [0.3, 0.4) is 0 Å². The molecule has 0 unspecified atom stereocenters. The molecule has 0 aromatic heterocycles. The molecule has 3 heteroatoms. The SMILES string of the molecule is Cc1ccc(N)c(OCCN2CCCCCC2)c1. The van der Waals surface area contributed by atoms with Crippen molar-refractivity contribution in [3.05, 3.63) is 23.8 Å². The summed E-state index contributed by atoms with van der Waals surface area (Å²) in [6, 6.07) is 5.94. The predicted octanol–water partition coefficient (Wildman–Crippen LogP) is 2.83. The second kappa shape index (κ2) is 6.64. The summed E-state index contributed by atoms with van der Waals surface area (Å²) in [5.41, 5.74) is 7.82. The molecule has 0 radical (unpaired) electrons. The lowest BCUT2D eigenvalue weighted by Crippen LogP contribution is -2.29.